The first-order chi connectivity index (χ1) is 9.99. The highest BCUT2D eigenvalue weighted by atomic mass is 35.5. The molecule has 0 aliphatic carbocycles. The van der Waals surface area contributed by atoms with Crippen molar-refractivity contribution >= 4 is 23.5 Å². The fourth-order valence-electron chi connectivity index (χ4n) is 1.59. The van der Waals surface area contributed by atoms with Crippen LogP contribution in [0.5, 0.6) is 0 Å². The van der Waals surface area contributed by atoms with Gasteiger partial charge in [0.2, 0.25) is 0 Å². The number of rotatable bonds is 4. The highest BCUT2D eigenvalue weighted by Gasteiger charge is 2.37. The summed E-state index contributed by atoms with van der Waals surface area (Å²) in [5.41, 5.74) is -3.94. The van der Waals surface area contributed by atoms with Gasteiger partial charge in [-0.15, -0.1) is 0 Å². The molecule has 5 nitrogen and oxygen atoms in total. The molecule has 1 unspecified atom stereocenters. The van der Waals surface area contributed by atoms with Crippen LogP contribution in [0.2, 0.25) is 5.02 Å². The lowest BCUT2D eigenvalue weighted by Gasteiger charge is -2.21. The first-order valence-corrected chi connectivity index (χ1v) is 6.32. The molecule has 9 heteroatoms. The van der Waals surface area contributed by atoms with Crippen LogP contribution in [0, 0.1) is 0 Å². The Morgan fingerprint density at radius 3 is 2.45 bits per heavy atom. The second kappa shape index (κ2) is 6.53. The first kappa shape index (κ1) is 18.2. The van der Waals surface area contributed by atoms with E-state index in [-0.39, 0.29) is 5.02 Å². The summed E-state index contributed by atoms with van der Waals surface area (Å²) in [5, 5.41) is 11.6. The molecule has 0 saturated carbocycles. The van der Waals surface area contributed by atoms with E-state index in [0.29, 0.717) is 6.07 Å². The predicted molar refractivity (Wildman–Crippen MR) is 71.4 cm³/mol. The van der Waals surface area contributed by atoms with E-state index in [2.05, 4.69) is 10.1 Å². The molecule has 0 bridgehead atoms. The molecule has 0 aliphatic rings. The zero-order valence-electron chi connectivity index (χ0n) is 11.6. The Labute approximate surface area is 129 Å². The number of ether oxygens (including phenoxy) is 1. The topological polar surface area (TPSA) is 75.6 Å². The minimum atomic E-state index is -4.78. The van der Waals surface area contributed by atoms with Gasteiger partial charge in [0.05, 0.1) is 24.8 Å². The lowest BCUT2D eigenvalue weighted by Crippen LogP contribution is -2.47. The third-order valence-electron chi connectivity index (χ3n) is 2.75. The van der Waals surface area contributed by atoms with Crippen LogP contribution in [0.25, 0.3) is 0 Å². The van der Waals surface area contributed by atoms with Gasteiger partial charge in [0.1, 0.15) is 0 Å². The standard InChI is InChI=1S/C13H13ClF3NO4/c1-12(21,11(20)22-2)6-18-10(19)8-4-3-7(14)5-9(8)13(15,16)17/h3-5,21H,6H2,1-2H3,(H,18,19). The number of methoxy groups -OCH3 is 1. The van der Waals surface area contributed by atoms with Gasteiger partial charge in [-0.05, 0) is 25.1 Å². The third-order valence-corrected chi connectivity index (χ3v) is 2.99. The SMILES string of the molecule is COC(=O)C(C)(O)CNC(=O)c1ccc(Cl)cc1C(F)(F)F. The predicted octanol–water partition coefficient (Wildman–Crippen LogP) is 2.01. The second-order valence-electron chi connectivity index (χ2n) is 4.64. The highest BCUT2D eigenvalue weighted by molar-refractivity contribution is 6.30. The fraction of sp³-hybridized carbons (Fsp3) is 0.385. The molecule has 0 fully saturated rings. The van der Waals surface area contributed by atoms with Crippen molar-refractivity contribution in [3.63, 3.8) is 0 Å². The molecule has 0 aliphatic heterocycles. The summed E-state index contributed by atoms with van der Waals surface area (Å²) in [5.74, 6) is -2.13. The number of benzene rings is 1. The highest BCUT2D eigenvalue weighted by Crippen LogP contribution is 2.33. The van der Waals surface area contributed by atoms with Crippen molar-refractivity contribution in [1.29, 1.82) is 0 Å². The Bertz CT molecular complexity index is 587. The summed E-state index contributed by atoms with van der Waals surface area (Å²) in [7, 11) is 1.03. The van der Waals surface area contributed by atoms with E-state index in [1.807, 2.05) is 0 Å². The lowest BCUT2D eigenvalue weighted by atomic mass is 10.0. The summed E-state index contributed by atoms with van der Waals surface area (Å²) in [6.07, 6.45) is -4.78. The second-order valence-corrected chi connectivity index (χ2v) is 5.07. The molecular weight excluding hydrogens is 327 g/mol. The zero-order chi connectivity index (χ0) is 17.1. The Balaban J connectivity index is 2.98. The molecule has 122 valence electrons. The number of halogens is 4. The van der Waals surface area contributed by atoms with Crippen LogP contribution in [0.15, 0.2) is 18.2 Å². The summed E-state index contributed by atoms with van der Waals surface area (Å²) in [6, 6.07) is 2.66. The minimum absolute atomic E-state index is 0.176. The van der Waals surface area contributed by atoms with Crippen LogP contribution in [-0.2, 0) is 15.7 Å². The van der Waals surface area contributed by atoms with E-state index in [0.717, 1.165) is 26.2 Å². The van der Waals surface area contributed by atoms with Crippen LogP contribution in [0.3, 0.4) is 0 Å². The van der Waals surface area contributed by atoms with Crippen molar-refractivity contribution in [2.24, 2.45) is 0 Å². The maximum absolute atomic E-state index is 12.9. The number of aliphatic hydroxyl groups is 1. The van der Waals surface area contributed by atoms with E-state index < -0.39 is 41.3 Å². The molecule has 1 amide bonds. The average Bonchev–Trinajstić information content (AvgIpc) is 2.42. The normalized spacial score (nSPS) is 14.1. The van der Waals surface area contributed by atoms with E-state index >= 15 is 0 Å². The summed E-state index contributed by atoms with van der Waals surface area (Å²) >= 11 is 5.50. The number of nitrogens with one attached hydrogen (secondary N) is 1. The molecule has 2 N–H and O–H groups in total. The number of esters is 1. The van der Waals surface area contributed by atoms with Crippen LogP contribution in [0.1, 0.15) is 22.8 Å². The van der Waals surface area contributed by atoms with Gasteiger partial charge in [-0.2, -0.15) is 13.2 Å². The molecule has 0 spiro atoms. The number of hydrogen-bond donors (Lipinski definition) is 2. The van der Waals surface area contributed by atoms with E-state index in [9.17, 15) is 27.9 Å². The number of amides is 1. The molecule has 0 radical (unpaired) electrons. The molecule has 0 saturated heterocycles. The van der Waals surface area contributed by atoms with Crippen LogP contribution >= 0.6 is 11.6 Å². The van der Waals surface area contributed by atoms with Crippen LogP contribution in [-0.4, -0.2) is 36.2 Å². The van der Waals surface area contributed by atoms with Gasteiger partial charge >= 0.3 is 12.1 Å². The molecule has 1 aromatic carbocycles. The van der Waals surface area contributed by atoms with Crippen molar-refractivity contribution in [2.75, 3.05) is 13.7 Å². The Morgan fingerprint density at radius 1 is 1.36 bits per heavy atom. The molecule has 1 rings (SSSR count). The monoisotopic (exact) mass is 339 g/mol. The number of hydrogen-bond acceptors (Lipinski definition) is 4. The summed E-state index contributed by atoms with van der Waals surface area (Å²) in [6.45, 7) is 0.448. The van der Waals surface area contributed by atoms with Gasteiger partial charge in [-0.25, -0.2) is 4.79 Å². The number of alkyl halides is 3. The van der Waals surface area contributed by atoms with Crippen molar-refractivity contribution in [3.05, 3.63) is 34.3 Å². The summed E-state index contributed by atoms with van der Waals surface area (Å²) < 4.78 is 43.0. The maximum Gasteiger partial charge on any atom is 0.417 e. The first-order valence-electron chi connectivity index (χ1n) is 5.95. The van der Waals surface area contributed by atoms with Crippen LogP contribution in [0.4, 0.5) is 13.2 Å². The van der Waals surface area contributed by atoms with Gasteiger partial charge in [-0.1, -0.05) is 11.6 Å². The van der Waals surface area contributed by atoms with Crippen LogP contribution < -0.4 is 5.32 Å². The van der Waals surface area contributed by atoms with Gasteiger partial charge in [0, 0.05) is 5.02 Å². The Kier molecular flexibility index (Phi) is 5.42. The van der Waals surface area contributed by atoms with Crippen molar-refractivity contribution < 1.29 is 32.6 Å². The Hall–Kier alpha value is -1.80. The largest absolute Gasteiger partial charge is 0.467 e. The van der Waals surface area contributed by atoms with E-state index in [4.69, 9.17) is 11.6 Å². The summed E-state index contributed by atoms with van der Waals surface area (Å²) in [4.78, 5) is 23.1. The molecule has 0 aromatic heterocycles. The lowest BCUT2D eigenvalue weighted by molar-refractivity contribution is -0.159. The van der Waals surface area contributed by atoms with E-state index in [1.165, 1.54) is 0 Å². The fourth-order valence-corrected chi connectivity index (χ4v) is 1.76. The van der Waals surface area contributed by atoms with Gasteiger partial charge in [0.15, 0.2) is 5.60 Å². The quantitative estimate of drug-likeness (QED) is 0.823. The smallest absolute Gasteiger partial charge is 0.417 e. The molecule has 0 heterocycles. The van der Waals surface area contributed by atoms with Crippen molar-refractivity contribution in [2.45, 2.75) is 18.7 Å². The number of carbonyl (C=O) groups is 2. The maximum atomic E-state index is 12.9. The van der Waals surface area contributed by atoms with Gasteiger partial charge < -0.3 is 15.2 Å². The molecule has 22 heavy (non-hydrogen) atoms. The molecule has 1 atom stereocenters. The third kappa shape index (κ3) is 4.35. The zero-order valence-corrected chi connectivity index (χ0v) is 12.4. The van der Waals surface area contributed by atoms with Crippen molar-refractivity contribution in [1.82, 2.24) is 5.32 Å². The molecule has 1 aromatic rings. The minimum Gasteiger partial charge on any atom is -0.467 e. The van der Waals surface area contributed by atoms with Crippen molar-refractivity contribution in [3.8, 4) is 0 Å². The molecular formula is C13H13ClF3NO4. The van der Waals surface area contributed by atoms with E-state index in [1.54, 1.807) is 0 Å². The Morgan fingerprint density at radius 2 is 1.95 bits per heavy atom. The van der Waals surface area contributed by atoms with Gasteiger partial charge in [0.25, 0.3) is 5.91 Å². The van der Waals surface area contributed by atoms with Gasteiger partial charge in [-0.3, -0.25) is 4.79 Å². The average molecular weight is 340 g/mol. The number of carbonyl (C=O) groups excluding carboxylic acids is 2.